The average Bonchev–Trinajstić information content (AvgIpc) is 3.24. The summed E-state index contributed by atoms with van der Waals surface area (Å²) in [5, 5.41) is 14.3. The molecule has 0 aliphatic heterocycles. The molecule has 130 valence electrons. The highest BCUT2D eigenvalue weighted by molar-refractivity contribution is 5.94. The Morgan fingerprint density at radius 2 is 2.08 bits per heavy atom. The lowest BCUT2D eigenvalue weighted by molar-refractivity contribution is -0.118. The molecule has 25 heavy (non-hydrogen) atoms. The maximum atomic E-state index is 12.5. The van der Waals surface area contributed by atoms with E-state index in [1.165, 1.54) is 5.56 Å². The minimum atomic E-state index is -0.476. The summed E-state index contributed by atoms with van der Waals surface area (Å²) in [7, 11) is 3.56. The molecule has 0 fully saturated rings. The standard InChI is InChI=1S/C17H21N7O/c1-18-16(14-11-20-23(2)12-14)17(25)21-15-6-10-24(22-15)9-5-13-3-7-19-8-4-13/h3-4,6-8,10-12,16,18H,5,9H2,1-2H3,(H,21,22,25). The number of carbonyl (C=O) groups is 1. The number of amides is 1. The quantitative estimate of drug-likeness (QED) is 0.674. The van der Waals surface area contributed by atoms with Crippen LogP contribution in [0.15, 0.2) is 49.2 Å². The largest absolute Gasteiger partial charge is 0.308 e. The third-order valence-corrected chi connectivity index (χ3v) is 3.88. The van der Waals surface area contributed by atoms with Gasteiger partial charge < -0.3 is 10.6 Å². The van der Waals surface area contributed by atoms with Gasteiger partial charge in [0.05, 0.1) is 6.20 Å². The molecule has 3 rings (SSSR count). The van der Waals surface area contributed by atoms with Crippen LogP contribution in [0.3, 0.4) is 0 Å². The maximum absolute atomic E-state index is 12.5. The summed E-state index contributed by atoms with van der Waals surface area (Å²) in [5.74, 6) is 0.360. The molecule has 0 saturated carbocycles. The number of nitrogens with zero attached hydrogens (tertiary/aromatic N) is 5. The maximum Gasteiger partial charge on any atom is 0.247 e. The van der Waals surface area contributed by atoms with E-state index in [-0.39, 0.29) is 5.91 Å². The molecular weight excluding hydrogens is 318 g/mol. The highest BCUT2D eigenvalue weighted by Gasteiger charge is 2.20. The van der Waals surface area contributed by atoms with Crippen molar-refractivity contribution in [3.63, 3.8) is 0 Å². The van der Waals surface area contributed by atoms with Crippen molar-refractivity contribution in [2.45, 2.75) is 19.0 Å². The number of hydrogen-bond donors (Lipinski definition) is 2. The molecule has 0 bridgehead atoms. The highest BCUT2D eigenvalue weighted by Crippen LogP contribution is 2.14. The van der Waals surface area contributed by atoms with Crippen LogP contribution in [0.5, 0.6) is 0 Å². The molecule has 0 saturated heterocycles. The van der Waals surface area contributed by atoms with Crippen molar-refractivity contribution in [2.24, 2.45) is 7.05 Å². The van der Waals surface area contributed by atoms with Crippen LogP contribution in [0.4, 0.5) is 5.82 Å². The predicted molar refractivity (Wildman–Crippen MR) is 93.8 cm³/mol. The van der Waals surface area contributed by atoms with Gasteiger partial charge in [0.25, 0.3) is 0 Å². The van der Waals surface area contributed by atoms with Crippen LogP contribution in [-0.4, -0.2) is 37.5 Å². The van der Waals surface area contributed by atoms with Crippen LogP contribution in [-0.2, 0) is 24.8 Å². The minimum absolute atomic E-state index is 0.171. The van der Waals surface area contributed by atoms with Gasteiger partial charge in [-0.25, -0.2) is 0 Å². The molecule has 1 unspecified atom stereocenters. The second kappa shape index (κ2) is 7.71. The molecule has 3 heterocycles. The average molecular weight is 339 g/mol. The summed E-state index contributed by atoms with van der Waals surface area (Å²) in [6.07, 6.45) is 9.75. The van der Waals surface area contributed by atoms with Crippen molar-refractivity contribution >= 4 is 11.7 Å². The second-order valence-electron chi connectivity index (χ2n) is 5.73. The van der Waals surface area contributed by atoms with Crippen molar-refractivity contribution < 1.29 is 4.79 Å². The molecule has 0 spiro atoms. The van der Waals surface area contributed by atoms with E-state index in [2.05, 4.69) is 25.8 Å². The number of aryl methyl sites for hydroxylation is 3. The first-order chi connectivity index (χ1) is 12.2. The van der Waals surface area contributed by atoms with Crippen LogP contribution >= 0.6 is 0 Å². The monoisotopic (exact) mass is 339 g/mol. The number of anilines is 1. The van der Waals surface area contributed by atoms with Gasteiger partial charge in [-0.15, -0.1) is 0 Å². The lowest BCUT2D eigenvalue weighted by atomic mass is 10.1. The fourth-order valence-corrected chi connectivity index (χ4v) is 2.58. The van der Waals surface area contributed by atoms with Gasteiger partial charge in [-0.3, -0.25) is 19.1 Å². The van der Waals surface area contributed by atoms with Gasteiger partial charge in [-0.2, -0.15) is 10.2 Å². The Morgan fingerprint density at radius 3 is 2.76 bits per heavy atom. The van der Waals surface area contributed by atoms with Crippen LogP contribution < -0.4 is 10.6 Å². The summed E-state index contributed by atoms with van der Waals surface area (Å²) in [5.41, 5.74) is 2.00. The second-order valence-corrected chi connectivity index (χ2v) is 5.73. The first-order valence-electron chi connectivity index (χ1n) is 8.05. The van der Waals surface area contributed by atoms with Crippen molar-refractivity contribution in [3.05, 3.63) is 60.3 Å². The van der Waals surface area contributed by atoms with E-state index in [0.29, 0.717) is 5.82 Å². The van der Waals surface area contributed by atoms with Gasteiger partial charge in [0.2, 0.25) is 5.91 Å². The van der Waals surface area contributed by atoms with Gasteiger partial charge in [0, 0.05) is 50.0 Å². The number of rotatable bonds is 7. The van der Waals surface area contributed by atoms with Crippen molar-refractivity contribution in [2.75, 3.05) is 12.4 Å². The number of likely N-dealkylation sites (N-methyl/N-ethyl adjacent to an activating group) is 1. The molecule has 0 aliphatic carbocycles. The molecule has 1 atom stereocenters. The third-order valence-electron chi connectivity index (χ3n) is 3.88. The summed E-state index contributed by atoms with van der Waals surface area (Å²) >= 11 is 0. The molecule has 3 aromatic rings. The third kappa shape index (κ3) is 4.30. The van der Waals surface area contributed by atoms with Crippen LogP contribution in [0, 0.1) is 0 Å². The van der Waals surface area contributed by atoms with Crippen molar-refractivity contribution in [1.29, 1.82) is 0 Å². The molecule has 8 heteroatoms. The number of carbonyl (C=O) groups excluding carboxylic acids is 1. The Morgan fingerprint density at radius 1 is 1.28 bits per heavy atom. The number of nitrogens with one attached hydrogen (secondary N) is 2. The molecule has 0 aliphatic rings. The Bertz CT molecular complexity index is 824. The smallest absolute Gasteiger partial charge is 0.247 e. The van der Waals surface area contributed by atoms with E-state index in [1.54, 1.807) is 36.4 Å². The van der Waals surface area contributed by atoms with Crippen molar-refractivity contribution in [3.8, 4) is 0 Å². The SMILES string of the molecule is CNC(C(=O)Nc1ccn(CCc2ccncc2)n1)c1cnn(C)c1. The van der Waals surface area contributed by atoms with Crippen LogP contribution in [0.1, 0.15) is 17.2 Å². The Labute approximate surface area is 145 Å². The van der Waals surface area contributed by atoms with E-state index in [4.69, 9.17) is 0 Å². The van der Waals surface area contributed by atoms with E-state index >= 15 is 0 Å². The minimum Gasteiger partial charge on any atom is -0.308 e. The topological polar surface area (TPSA) is 89.7 Å². The predicted octanol–water partition coefficient (Wildman–Crippen LogP) is 1.15. The number of pyridine rings is 1. The molecule has 0 radical (unpaired) electrons. The van der Waals surface area contributed by atoms with Gasteiger partial charge in [0.15, 0.2) is 5.82 Å². The fourth-order valence-electron chi connectivity index (χ4n) is 2.58. The molecule has 3 aromatic heterocycles. The van der Waals surface area contributed by atoms with Crippen LogP contribution in [0.2, 0.25) is 0 Å². The highest BCUT2D eigenvalue weighted by atomic mass is 16.2. The lowest BCUT2D eigenvalue weighted by Crippen LogP contribution is -2.30. The zero-order chi connectivity index (χ0) is 17.6. The van der Waals surface area contributed by atoms with E-state index < -0.39 is 6.04 Å². The molecule has 0 aromatic carbocycles. The van der Waals surface area contributed by atoms with E-state index in [0.717, 1.165) is 18.5 Å². The summed E-state index contributed by atoms with van der Waals surface area (Å²) < 4.78 is 3.48. The first-order valence-corrected chi connectivity index (χ1v) is 8.05. The normalized spacial score (nSPS) is 12.1. The Balaban J connectivity index is 1.59. The number of hydrogen-bond acceptors (Lipinski definition) is 5. The van der Waals surface area contributed by atoms with Gasteiger partial charge in [-0.05, 0) is 31.2 Å². The van der Waals surface area contributed by atoms with Gasteiger partial charge in [0.1, 0.15) is 6.04 Å². The van der Waals surface area contributed by atoms with Crippen LogP contribution in [0.25, 0.3) is 0 Å². The summed E-state index contributed by atoms with van der Waals surface area (Å²) in [4.78, 5) is 16.5. The summed E-state index contributed by atoms with van der Waals surface area (Å²) in [6, 6.07) is 5.28. The fraction of sp³-hybridized carbons (Fsp3) is 0.294. The van der Waals surface area contributed by atoms with E-state index in [1.807, 2.05) is 36.3 Å². The summed E-state index contributed by atoms with van der Waals surface area (Å²) in [6.45, 7) is 0.734. The van der Waals surface area contributed by atoms with Gasteiger partial charge >= 0.3 is 0 Å². The Kier molecular flexibility index (Phi) is 5.20. The zero-order valence-electron chi connectivity index (χ0n) is 14.3. The molecule has 1 amide bonds. The first kappa shape index (κ1) is 16.8. The van der Waals surface area contributed by atoms with Crippen molar-refractivity contribution in [1.82, 2.24) is 29.9 Å². The number of aromatic nitrogens is 5. The molecule has 8 nitrogen and oxygen atoms in total. The Hall–Kier alpha value is -3.00. The molecule has 2 N–H and O–H groups in total. The molecular formula is C17H21N7O. The van der Waals surface area contributed by atoms with Gasteiger partial charge in [-0.1, -0.05) is 0 Å². The zero-order valence-corrected chi connectivity index (χ0v) is 14.3. The lowest BCUT2D eigenvalue weighted by Gasteiger charge is -2.13. The van der Waals surface area contributed by atoms with E-state index in [9.17, 15) is 4.79 Å².